The van der Waals surface area contributed by atoms with Crippen LogP contribution in [0.25, 0.3) is 0 Å². The summed E-state index contributed by atoms with van der Waals surface area (Å²) in [7, 11) is 1.60. The van der Waals surface area contributed by atoms with Crippen molar-refractivity contribution in [3.05, 3.63) is 59.7 Å². The molecular weight excluding hydrogens is 254 g/mol. The topological polar surface area (TPSA) is 47.6 Å². The van der Waals surface area contributed by atoms with Crippen LogP contribution in [0, 0.1) is 0 Å². The predicted molar refractivity (Wildman–Crippen MR) is 75.1 cm³/mol. The van der Waals surface area contributed by atoms with Crippen LogP contribution in [0.3, 0.4) is 0 Å². The van der Waals surface area contributed by atoms with Gasteiger partial charge >= 0.3 is 0 Å². The van der Waals surface area contributed by atoms with E-state index in [0.717, 1.165) is 17.1 Å². The highest BCUT2D eigenvalue weighted by Crippen LogP contribution is 2.31. The lowest BCUT2D eigenvalue weighted by Crippen LogP contribution is -2.29. The Kier molecular flexibility index (Phi) is 3.29. The van der Waals surface area contributed by atoms with Crippen molar-refractivity contribution in [1.29, 1.82) is 0 Å². The summed E-state index contributed by atoms with van der Waals surface area (Å²) >= 11 is 0. The molecule has 0 saturated heterocycles. The number of carbonyl (C=O) groups excluding carboxylic acids is 1. The van der Waals surface area contributed by atoms with E-state index in [-0.39, 0.29) is 11.9 Å². The Morgan fingerprint density at radius 2 is 1.95 bits per heavy atom. The molecule has 0 fully saturated rings. The zero-order valence-corrected chi connectivity index (χ0v) is 11.1. The largest absolute Gasteiger partial charge is 0.497 e. The van der Waals surface area contributed by atoms with Gasteiger partial charge in [-0.1, -0.05) is 18.2 Å². The number of hydrogen-bond acceptors (Lipinski definition) is 3. The van der Waals surface area contributed by atoms with Crippen molar-refractivity contribution in [2.75, 3.05) is 13.7 Å². The zero-order valence-electron chi connectivity index (χ0n) is 11.1. The number of rotatable bonds is 3. The Balaban J connectivity index is 1.73. The summed E-state index contributed by atoms with van der Waals surface area (Å²) in [6, 6.07) is 14.7. The third-order valence-corrected chi connectivity index (χ3v) is 3.36. The Bertz CT molecular complexity index is 622. The lowest BCUT2D eigenvalue weighted by Gasteiger charge is -2.12. The van der Waals surface area contributed by atoms with Gasteiger partial charge < -0.3 is 14.8 Å². The van der Waals surface area contributed by atoms with Crippen LogP contribution in [0.2, 0.25) is 0 Å². The molecule has 102 valence electrons. The highest BCUT2D eigenvalue weighted by atomic mass is 16.5. The van der Waals surface area contributed by atoms with Gasteiger partial charge in [-0.25, -0.2) is 0 Å². The van der Waals surface area contributed by atoms with Crippen LogP contribution in [-0.2, 0) is 0 Å². The minimum absolute atomic E-state index is 0.0965. The van der Waals surface area contributed by atoms with Crippen LogP contribution >= 0.6 is 0 Å². The van der Waals surface area contributed by atoms with Gasteiger partial charge in [0, 0.05) is 11.1 Å². The highest BCUT2D eigenvalue weighted by Gasteiger charge is 2.25. The molecule has 0 aliphatic carbocycles. The molecule has 2 aromatic carbocycles. The van der Waals surface area contributed by atoms with Crippen molar-refractivity contribution < 1.29 is 14.3 Å². The van der Waals surface area contributed by atoms with E-state index in [0.29, 0.717) is 12.2 Å². The van der Waals surface area contributed by atoms with Crippen molar-refractivity contribution in [2.24, 2.45) is 0 Å². The third kappa shape index (κ3) is 2.32. The Labute approximate surface area is 117 Å². The van der Waals surface area contributed by atoms with E-state index in [1.54, 1.807) is 31.4 Å². The van der Waals surface area contributed by atoms with Gasteiger partial charge in [0.05, 0.1) is 13.2 Å². The first-order valence-corrected chi connectivity index (χ1v) is 6.44. The molecule has 1 N–H and O–H groups in total. The molecule has 0 saturated carbocycles. The number of nitrogens with one attached hydrogen (secondary N) is 1. The van der Waals surface area contributed by atoms with E-state index in [1.807, 2.05) is 24.3 Å². The molecule has 1 unspecified atom stereocenters. The molecule has 0 aromatic heterocycles. The molecule has 1 amide bonds. The fourth-order valence-corrected chi connectivity index (χ4v) is 2.27. The van der Waals surface area contributed by atoms with Crippen LogP contribution in [-0.4, -0.2) is 19.6 Å². The molecule has 1 heterocycles. The van der Waals surface area contributed by atoms with Crippen molar-refractivity contribution in [1.82, 2.24) is 5.32 Å². The first-order chi connectivity index (χ1) is 9.78. The molecule has 20 heavy (non-hydrogen) atoms. The van der Waals surface area contributed by atoms with E-state index in [4.69, 9.17) is 9.47 Å². The summed E-state index contributed by atoms with van der Waals surface area (Å²) < 4.78 is 10.6. The number of carbonyl (C=O) groups is 1. The molecule has 4 nitrogen and oxygen atoms in total. The maximum Gasteiger partial charge on any atom is 0.251 e. The number of ether oxygens (including phenoxy) is 2. The molecule has 2 aromatic rings. The molecule has 0 bridgehead atoms. The van der Waals surface area contributed by atoms with E-state index in [1.165, 1.54) is 0 Å². The Morgan fingerprint density at radius 3 is 2.70 bits per heavy atom. The van der Waals surface area contributed by atoms with E-state index in [9.17, 15) is 4.79 Å². The number of para-hydroxylation sites is 1. The predicted octanol–water partition coefficient (Wildman–Crippen LogP) is 2.56. The van der Waals surface area contributed by atoms with Crippen LogP contribution < -0.4 is 14.8 Å². The van der Waals surface area contributed by atoms with E-state index >= 15 is 0 Å². The molecular formula is C16H15NO3. The lowest BCUT2D eigenvalue weighted by atomic mass is 10.1. The summed E-state index contributed by atoms with van der Waals surface area (Å²) in [5.41, 5.74) is 1.63. The van der Waals surface area contributed by atoms with Gasteiger partial charge in [0.1, 0.15) is 18.1 Å². The van der Waals surface area contributed by atoms with Crippen molar-refractivity contribution in [3.63, 3.8) is 0 Å². The molecule has 0 radical (unpaired) electrons. The molecule has 0 spiro atoms. The summed E-state index contributed by atoms with van der Waals surface area (Å²) in [4.78, 5) is 12.2. The standard InChI is InChI=1S/C16H15NO3/c1-19-12-8-6-11(7-9-12)16(18)17-14-10-20-15-5-3-2-4-13(14)15/h2-9,14H,10H2,1H3,(H,17,18). The zero-order chi connectivity index (χ0) is 13.9. The maximum absolute atomic E-state index is 12.2. The second-order valence-electron chi connectivity index (χ2n) is 4.60. The quantitative estimate of drug-likeness (QED) is 0.931. The average molecular weight is 269 g/mol. The number of methoxy groups -OCH3 is 1. The van der Waals surface area contributed by atoms with Crippen LogP contribution in [0.5, 0.6) is 11.5 Å². The van der Waals surface area contributed by atoms with Gasteiger partial charge in [-0.05, 0) is 30.3 Å². The summed E-state index contributed by atoms with van der Waals surface area (Å²) in [6.45, 7) is 0.473. The summed E-state index contributed by atoms with van der Waals surface area (Å²) in [5, 5.41) is 2.98. The van der Waals surface area contributed by atoms with Crippen LogP contribution in [0.1, 0.15) is 22.0 Å². The number of hydrogen-bond donors (Lipinski definition) is 1. The van der Waals surface area contributed by atoms with Crippen LogP contribution in [0.15, 0.2) is 48.5 Å². The number of amides is 1. The lowest BCUT2D eigenvalue weighted by molar-refractivity contribution is 0.0930. The Morgan fingerprint density at radius 1 is 1.20 bits per heavy atom. The SMILES string of the molecule is COc1ccc(C(=O)NC2COc3ccccc32)cc1. The minimum Gasteiger partial charge on any atom is -0.497 e. The van der Waals surface area contributed by atoms with Crippen molar-refractivity contribution in [3.8, 4) is 11.5 Å². The number of fused-ring (bicyclic) bond motifs is 1. The fourth-order valence-electron chi connectivity index (χ4n) is 2.27. The monoisotopic (exact) mass is 269 g/mol. The first-order valence-electron chi connectivity index (χ1n) is 6.44. The summed E-state index contributed by atoms with van der Waals surface area (Å²) in [5.74, 6) is 1.46. The smallest absolute Gasteiger partial charge is 0.251 e. The molecule has 1 atom stereocenters. The maximum atomic E-state index is 12.2. The minimum atomic E-state index is -0.113. The fraction of sp³-hybridized carbons (Fsp3) is 0.188. The highest BCUT2D eigenvalue weighted by molar-refractivity contribution is 5.94. The molecule has 1 aliphatic rings. The van der Waals surface area contributed by atoms with Gasteiger partial charge in [-0.2, -0.15) is 0 Å². The van der Waals surface area contributed by atoms with E-state index in [2.05, 4.69) is 5.32 Å². The third-order valence-electron chi connectivity index (χ3n) is 3.36. The molecule has 3 rings (SSSR count). The van der Waals surface area contributed by atoms with Gasteiger partial charge in [-0.15, -0.1) is 0 Å². The molecule has 1 aliphatic heterocycles. The van der Waals surface area contributed by atoms with Gasteiger partial charge in [0.25, 0.3) is 5.91 Å². The van der Waals surface area contributed by atoms with Crippen LogP contribution in [0.4, 0.5) is 0 Å². The normalized spacial score (nSPS) is 16.1. The van der Waals surface area contributed by atoms with Gasteiger partial charge in [0.15, 0.2) is 0 Å². The average Bonchev–Trinajstić information content (AvgIpc) is 2.91. The number of benzene rings is 2. The molecule has 4 heteroatoms. The second-order valence-corrected chi connectivity index (χ2v) is 4.60. The van der Waals surface area contributed by atoms with E-state index < -0.39 is 0 Å². The van der Waals surface area contributed by atoms with Gasteiger partial charge in [-0.3, -0.25) is 4.79 Å². The van der Waals surface area contributed by atoms with Gasteiger partial charge in [0.2, 0.25) is 0 Å². The summed E-state index contributed by atoms with van der Waals surface area (Å²) in [6.07, 6.45) is 0. The Hall–Kier alpha value is -2.49. The van der Waals surface area contributed by atoms with Crippen molar-refractivity contribution in [2.45, 2.75) is 6.04 Å². The second kappa shape index (κ2) is 5.25. The van der Waals surface area contributed by atoms with Crippen molar-refractivity contribution >= 4 is 5.91 Å². The first kappa shape index (κ1) is 12.5.